The largest absolute Gasteiger partial charge is 0.316 e. The first-order chi connectivity index (χ1) is 8.61. The molecule has 0 saturated carbocycles. The third-order valence-corrected chi connectivity index (χ3v) is 2.90. The maximum Gasteiger partial charge on any atom is 0.159 e. The molecule has 0 aliphatic rings. The fraction of sp³-hybridized carbons (Fsp3) is 0.143. The second-order valence-corrected chi connectivity index (χ2v) is 4.40. The summed E-state index contributed by atoms with van der Waals surface area (Å²) in [6.45, 7) is 0.630. The van der Waals surface area contributed by atoms with E-state index in [-0.39, 0.29) is 0 Å². The van der Waals surface area contributed by atoms with Crippen LogP contribution in [0.25, 0.3) is 11.1 Å². The van der Waals surface area contributed by atoms with Gasteiger partial charge in [0.15, 0.2) is 11.6 Å². The summed E-state index contributed by atoms with van der Waals surface area (Å²) in [7, 11) is 1.82. The van der Waals surface area contributed by atoms with Gasteiger partial charge in [0.1, 0.15) is 0 Å². The fourth-order valence-corrected chi connectivity index (χ4v) is 2.00. The van der Waals surface area contributed by atoms with E-state index in [0.717, 1.165) is 17.2 Å². The Morgan fingerprint density at radius 3 is 2.50 bits per heavy atom. The Balaban J connectivity index is 2.54. The van der Waals surface area contributed by atoms with Crippen molar-refractivity contribution in [2.24, 2.45) is 0 Å². The first-order valence-corrected chi connectivity index (χ1v) is 5.88. The molecule has 1 N–H and O–H groups in total. The van der Waals surface area contributed by atoms with Crippen molar-refractivity contribution in [2.45, 2.75) is 6.54 Å². The molecule has 0 fully saturated rings. The van der Waals surface area contributed by atoms with Crippen molar-refractivity contribution in [1.82, 2.24) is 5.32 Å². The van der Waals surface area contributed by atoms with Crippen molar-refractivity contribution in [3.05, 3.63) is 58.6 Å². The Morgan fingerprint density at radius 2 is 1.83 bits per heavy atom. The highest BCUT2D eigenvalue weighted by Gasteiger charge is 2.09. The van der Waals surface area contributed by atoms with Crippen LogP contribution < -0.4 is 5.32 Å². The van der Waals surface area contributed by atoms with E-state index in [9.17, 15) is 8.78 Å². The second-order valence-electron chi connectivity index (χ2n) is 3.96. The molecule has 4 heteroatoms. The van der Waals surface area contributed by atoms with Crippen LogP contribution in [0, 0.1) is 11.6 Å². The molecule has 0 bridgehead atoms. The Bertz CT molecular complexity index is 570. The molecule has 0 unspecified atom stereocenters. The first-order valence-electron chi connectivity index (χ1n) is 5.50. The summed E-state index contributed by atoms with van der Waals surface area (Å²) in [6.07, 6.45) is 0. The van der Waals surface area contributed by atoms with Crippen LogP contribution in [0.5, 0.6) is 0 Å². The van der Waals surface area contributed by atoms with Gasteiger partial charge in [-0.1, -0.05) is 23.7 Å². The number of halogens is 3. The van der Waals surface area contributed by atoms with Crippen LogP contribution in [0.1, 0.15) is 5.56 Å². The normalized spacial score (nSPS) is 10.7. The molecular weight excluding hydrogens is 256 g/mol. The van der Waals surface area contributed by atoms with Gasteiger partial charge >= 0.3 is 0 Å². The van der Waals surface area contributed by atoms with Gasteiger partial charge in [-0.15, -0.1) is 0 Å². The quantitative estimate of drug-likeness (QED) is 0.886. The highest BCUT2D eigenvalue weighted by atomic mass is 35.5. The fourth-order valence-electron chi connectivity index (χ4n) is 1.83. The minimum atomic E-state index is -0.858. The predicted octanol–water partition coefficient (Wildman–Crippen LogP) is 4.00. The SMILES string of the molecule is CNCc1ccc(Cl)cc1-c1ccc(F)c(F)c1. The maximum absolute atomic E-state index is 13.3. The van der Waals surface area contributed by atoms with Crippen molar-refractivity contribution >= 4 is 11.6 Å². The van der Waals surface area contributed by atoms with E-state index in [0.29, 0.717) is 17.1 Å². The van der Waals surface area contributed by atoms with Crippen LogP contribution in [0.2, 0.25) is 5.02 Å². The summed E-state index contributed by atoms with van der Waals surface area (Å²) in [5.74, 6) is -1.71. The molecule has 0 aliphatic carbocycles. The standard InChI is InChI=1S/C14H12ClF2N/c1-18-8-10-2-4-11(15)7-12(10)9-3-5-13(16)14(17)6-9/h2-7,18H,8H2,1H3. The van der Waals surface area contributed by atoms with E-state index in [1.165, 1.54) is 6.07 Å². The first kappa shape index (κ1) is 13.0. The lowest BCUT2D eigenvalue weighted by molar-refractivity contribution is 0.509. The van der Waals surface area contributed by atoms with Crippen molar-refractivity contribution in [1.29, 1.82) is 0 Å². The Morgan fingerprint density at radius 1 is 1.06 bits per heavy atom. The molecule has 94 valence electrons. The minimum absolute atomic E-state index is 0.564. The summed E-state index contributed by atoms with van der Waals surface area (Å²) >= 11 is 5.95. The maximum atomic E-state index is 13.3. The Kier molecular flexibility index (Phi) is 3.94. The summed E-state index contributed by atoms with van der Waals surface area (Å²) < 4.78 is 26.2. The van der Waals surface area contributed by atoms with Gasteiger partial charge in [-0.3, -0.25) is 0 Å². The molecule has 0 saturated heterocycles. The van der Waals surface area contributed by atoms with E-state index >= 15 is 0 Å². The van der Waals surface area contributed by atoms with E-state index < -0.39 is 11.6 Å². The number of hydrogen-bond donors (Lipinski definition) is 1. The lowest BCUT2D eigenvalue weighted by atomic mass is 9.99. The summed E-state index contributed by atoms with van der Waals surface area (Å²) in [4.78, 5) is 0. The minimum Gasteiger partial charge on any atom is -0.316 e. The molecule has 0 amide bonds. The smallest absolute Gasteiger partial charge is 0.159 e. The predicted molar refractivity (Wildman–Crippen MR) is 69.6 cm³/mol. The molecule has 0 radical (unpaired) electrons. The molecular formula is C14H12ClF2N. The third kappa shape index (κ3) is 2.68. The number of rotatable bonds is 3. The van der Waals surface area contributed by atoms with Gasteiger partial charge in [0.2, 0.25) is 0 Å². The van der Waals surface area contributed by atoms with Crippen molar-refractivity contribution in [3.8, 4) is 11.1 Å². The average Bonchev–Trinajstić information content (AvgIpc) is 2.35. The molecule has 0 spiro atoms. The molecule has 0 aliphatic heterocycles. The molecule has 2 aromatic rings. The van der Waals surface area contributed by atoms with Crippen molar-refractivity contribution in [3.63, 3.8) is 0 Å². The van der Waals surface area contributed by atoms with Gasteiger partial charge in [-0.2, -0.15) is 0 Å². The molecule has 18 heavy (non-hydrogen) atoms. The summed E-state index contributed by atoms with van der Waals surface area (Å²) in [5, 5.41) is 3.59. The second kappa shape index (κ2) is 5.46. The molecule has 2 rings (SSSR count). The lowest BCUT2D eigenvalue weighted by Gasteiger charge is -2.10. The monoisotopic (exact) mass is 267 g/mol. The molecule has 2 aromatic carbocycles. The zero-order chi connectivity index (χ0) is 13.1. The molecule has 0 aromatic heterocycles. The van der Waals surface area contributed by atoms with Crippen LogP contribution in [-0.4, -0.2) is 7.05 Å². The van der Waals surface area contributed by atoms with Crippen LogP contribution in [-0.2, 0) is 6.54 Å². The van der Waals surface area contributed by atoms with Crippen LogP contribution >= 0.6 is 11.6 Å². The van der Waals surface area contributed by atoms with E-state index in [1.807, 2.05) is 13.1 Å². The highest BCUT2D eigenvalue weighted by molar-refractivity contribution is 6.30. The highest BCUT2D eigenvalue weighted by Crippen LogP contribution is 2.28. The van der Waals surface area contributed by atoms with Gasteiger partial charge in [0, 0.05) is 11.6 Å². The van der Waals surface area contributed by atoms with E-state index in [4.69, 9.17) is 11.6 Å². The zero-order valence-electron chi connectivity index (χ0n) is 9.81. The molecule has 0 atom stereocenters. The Labute approximate surface area is 109 Å². The van der Waals surface area contributed by atoms with Gasteiger partial charge in [-0.25, -0.2) is 8.78 Å². The van der Waals surface area contributed by atoms with Crippen molar-refractivity contribution < 1.29 is 8.78 Å². The van der Waals surface area contributed by atoms with Gasteiger partial charge in [-0.05, 0) is 48.0 Å². The molecule has 1 nitrogen and oxygen atoms in total. The number of benzene rings is 2. The zero-order valence-corrected chi connectivity index (χ0v) is 10.6. The molecule has 0 heterocycles. The van der Waals surface area contributed by atoms with Gasteiger partial charge in [0.05, 0.1) is 0 Å². The lowest BCUT2D eigenvalue weighted by Crippen LogP contribution is -2.06. The summed E-state index contributed by atoms with van der Waals surface area (Å²) in [6, 6.07) is 9.24. The van der Waals surface area contributed by atoms with Crippen LogP contribution in [0.15, 0.2) is 36.4 Å². The Hall–Kier alpha value is -1.45. The number of hydrogen-bond acceptors (Lipinski definition) is 1. The van der Waals surface area contributed by atoms with E-state index in [1.54, 1.807) is 18.2 Å². The van der Waals surface area contributed by atoms with Crippen LogP contribution in [0.3, 0.4) is 0 Å². The number of nitrogens with one attached hydrogen (secondary N) is 1. The topological polar surface area (TPSA) is 12.0 Å². The van der Waals surface area contributed by atoms with Gasteiger partial charge in [0.25, 0.3) is 0 Å². The summed E-state index contributed by atoms with van der Waals surface area (Å²) in [5.41, 5.74) is 2.39. The van der Waals surface area contributed by atoms with Crippen molar-refractivity contribution in [2.75, 3.05) is 7.05 Å². The van der Waals surface area contributed by atoms with Gasteiger partial charge < -0.3 is 5.32 Å². The average molecular weight is 268 g/mol. The van der Waals surface area contributed by atoms with E-state index in [2.05, 4.69) is 5.32 Å². The third-order valence-electron chi connectivity index (χ3n) is 2.67. The van der Waals surface area contributed by atoms with Crippen LogP contribution in [0.4, 0.5) is 8.78 Å².